The SMILES string of the molecule is O=C(O)C1CN(c2ccc(N3CCOC3=O)cc2)C(=O)N(C2CCCc3c2cccc3C(F)(F)F)C1=O. The number of fused-ring (bicyclic) bond motifs is 1. The fraction of sp³-hybridized carbons (Fsp3) is 0.360. The number of carbonyl (C=O) groups excluding carboxylic acids is 3. The molecule has 0 aromatic heterocycles. The van der Waals surface area contributed by atoms with E-state index in [1.165, 1.54) is 29.2 Å². The number of hydrogen-bond acceptors (Lipinski definition) is 5. The number of aliphatic carboxylic acids is 1. The van der Waals surface area contributed by atoms with Gasteiger partial charge < -0.3 is 9.84 Å². The third-order valence-corrected chi connectivity index (χ3v) is 6.96. The van der Waals surface area contributed by atoms with E-state index >= 15 is 0 Å². The predicted molar refractivity (Wildman–Crippen MR) is 123 cm³/mol. The van der Waals surface area contributed by atoms with Gasteiger partial charge in [0.05, 0.1) is 18.2 Å². The second kappa shape index (κ2) is 9.09. The molecule has 2 aromatic carbocycles. The Kier molecular flexibility index (Phi) is 6.04. The maximum absolute atomic E-state index is 13.7. The van der Waals surface area contributed by atoms with Crippen LogP contribution in [0.3, 0.4) is 0 Å². The Morgan fingerprint density at radius 1 is 1.00 bits per heavy atom. The molecule has 5 rings (SSSR count). The minimum Gasteiger partial charge on any atom is -0.481 e. The molecular weight excluding hydrogens is 495 g/mol. The molecule has 1 aliphatic carbocycles. The molecule has 0 spiro atoms. The highest BCUT2D eigenvalue weighted by Gasteiger charge is 2.48. The molecule has 2 aliphatic heterocycles. The van der Waals surface area contributed by atoms with Crippen molar-refractivity contribution < 1.29 is 42.2 Å². The van der Waals surface area contributed by atoms with Gasteiger partial charge in [0.2, 0.25) is 5.91 Å². The van der Waals surface area contributed by atoms with E-state index in [4.69, 9.17) is 4.74 Å². The van der Waals surface area contributed by atoms with Crippen LogP contribution in [0.15, 0.2) is 42.5 Å². The molecule has 0 radical (unpaired) electrons. The number of urea groups is 1. The molecule has 0 bridgehead atoms. The molecule has 2 unspecified atom stereocenters. The van der Waals surface area contributed by atoms with Gasteiger partial charge in [-0.15, -0.1) is 0 Å². The van der Waals surface area contributed by atoms with Crippen LogP contribution in [0.5, 0.6) is 0 Å². The van der Waals surface area contributed by atoms with Gasteiger partial charge in [0.15, 0.2) is 5.92 Å². The van der Waals surface area contributed by atoms with Gasteiger partial charge in [-0.2, -0.15) is 13.2 Å². The number of ether oxygens (including phenoxy) is 1. The lowest BCUT2D eigenvalue weighted by molar-refractivity contribution is -0.151. The third-order valence-electron chi connectivity index (χ3n) is 6.96. The molecule has 1 N–H and O–H groups in total. The Hall–Kier alpha value is -4.09. The number of carboxylic acid groups (broad SMARTS) is 1. The van der Waals surface area contributed by atoms with Crippen LogP contribution in [0.25, 0.3) is 0 Å². The quantitative estimate of drug-likeness (QED) is 0.609. The zero-order chi connectivity index (χ0) is 26.5. The number of nitrogens with zero attached hydrogens (tertiary/aromatic N) is 3. The van der Waals surface area contributed by atoms with Crippen molar-refractivity contribution in [1.82, 2.24) is 4.90 Å². The smallest absolute Gasteiger partial charge is 0.416 e. The first kappa shape index (κ1) is 24.6. The second-order valence-electron chi connectivity index (χ2n) is 9.05. The van der Waals surface area contributed by atoms with Gasteiger partial charge in [-0.1, -0.05) is 12.1 Å². The van der Waals surface area contributed by atoms with Gasteiger partial charge in [0, 0.05) is 17.9 Å². The van der Waals surface area contributed by atoms with E-state index in [2.05, 4.69) is 0 Å². The van der Waals surface area contributed by atoms with E-state index in [9.17, 15) is 37.5 Å². The van der Waals surface area contributed by atoms with Crippen molar-refractivity contribution in [2.45, 2.75) is 31.5 Å². The highest BCUT2D eigenvalue weighted by Crippen LogP contribution is 2.43. The predicted octanol–water partition coefficient (Wildman–Crippen LogP) is 4.21. The first-order valence-electron chi connectivity index (χ1n) is 11.7. The molecule has 2 saturated heterocycles. The van der Waals surface area contributed by atoms with E-state index in [0.717, 1.165) is 15.9 Å². The number of carbonyl (C=O) groups is 4. The Morgan fingerprint density at radius 3 is 2.27 bits per heavy atom. The molecular formula is C25H22F3N3O6. The van der Waals surface area contributed by atoms with E-state index in [1.807, 2.05) is 0 Å². The van der Waals surface area contributed by atoms with Gasteiger partial charge in [0.1, 0.15) is 6.61 Å². The van der Waals surface area contributed by atoms with Crippen molar-refractivity contribution in [2.75, 3.05) is 29.5 Å². The topological polar surface area (TPSA) is 107 Å². The molecule has 2 atom stereocenters. The second-order valence-corrected chi connectivity index (χ2v) is 9.05. The van der Waals surface area contributed by atoms with E-state index in [1.54, 1.807) is 12.1 Å². The van der Waals surface area contributed by atoms with Gasteiger partial charge in [0.25, 0.3) is 0 Å². The van der Waals surface area contributed by atoms with Crippen LogP contribution in [0.2, 0.25) is 0 Å². The third kappa shape index (κ3) is 4.25. The summed E-state index contributed by atoms with van der Waals surface area (Å²) in [7, 11) is 0. The number of rotatable bonds is 4. The summed E-state index contributed by atoms with van der Waals surface area (Å²) in [6, 6.07) is 7.96. The summed E-state index contributed by atoms with van der Waals surface area (Å²) >= 11 is 0. The van der Waals surface area contributed by atoms with Crippen LogP contribution in [-0.4, -0.2) is 53.7 Å². The van der Waals surface area contributed by atoms with E-state index in [0.29, 0.717) is 18.7 Å². The Bertz CT molecular complexity index is 1280. The first-order chi connectivity index (χ1) is 17.6. The lowest BCUT2D eigenvalue weighted by Crippen LogP contribution is -2.60. The number of cyclic esters (lactones) is 1. The molecule has 12 heteroatoms. The molecule has 9 nitrogen and oxygen atoms in total. The summed E-state index contributed by atoms with van der Waals surface area (Å²) in [6.45, 7) is 0.156. The number of anilines is 2. The highest BCUT2D eigenvalue weighted by atomic mass is 19.4. The lowest BCUT2D eigenvalue weighted by Gasteiger charge is -2.43. The zero-order valence-corrected chi connectivity index (χ0v) is 19.4. The molecule has 2 fully saturated rings. The largest absolute Gasteiger partial charge is 0.481 e. The Morgan fingerprint density at radius 2 is 1.68 bits per heavy atom. The fourth-order valence-corrected chi connectivity index (χ4v) is 5.22. The first-order valence-corrected chi connectivity index (χ1v) is 11.7. The lowest BCUT2D eigenvalue weighted by atomic mass is 9.83. The van der Waals surface area contributed by atoms with Crippen molar-refractivity contribution in [1.29, 1.82) is 0 Å². The van der Waals surface area contributed by atoms with Gasteiger partial charge >= 0.3 is 24.3 Å². The number of imide groups is 1. The average molecular weight is 517 g/mol. The minimum absolute atomic E-state index is 0.0118. The van der Waals surface area contributed by atoms with Crippen molar-refractivity contribution in [3.8, 4) is 0 Å². The molecule has 3 aliphatic rings. The number of carboxylic acids is 1. The normalized spacial score (nSPS) is 22.2. The van der Waals surface area contributed by atoms with Crippen LogP contribution in [-0.2, 0) is 26.9 Å². The Labute approximate surface area is 209 Å². The summed E-state index contributed by atoms with van der Waals surface area (Å²) in [6.07, 6.45) is -4.49. The summed E-state index contributed by atoms with van der Waals surface area (Å²) in [5, 5.41) is 9.75. The van der Waals surface area contributed by atoms with Crippen molar-refractivity contribution in [3.63, 3.8) is 0 Å². The number of hydrogen-bond donors (Lipinski definition) is 1. The van der Waals surface area contributed by atoms with Crippen molar-refractivity contribution in [2.24, 2.45) is 5.92 Å². The van der Waals surface area contributed by atoms with E-state index < -0.39 is 54.2 Å². The molecule has 0 saturated carbocycles. The number of benzene rings is 2. The van der Waals surface area contributed by atoms with Crippen molar-refractivity contribution in [3.05, 3.63) is 59.2 Å². The Balaban J connectivity index is 1.52. The van der Waals surface area contributed by atoms with Crippen LogP contribution < -0.4 is 9.80 Å². The monoisotopic (exact) mass is 517 g/mol. The molecule has 2 heterocycles. The molecule has 4 amide bonds. The highest BCUT2D eigenvalue weighted by molar-refractivity contribution is 6.12. The van der Waals surface area contributed by atoms with Gasteiger partial charge in [-0.25, -0.2) is 9.59 Å². The molecule has 194 valence electrons. The zero-order valence-electron chi connectivity index (χ0n) is 19.4. The summed E-state index contributed by atoms with van der Waals surface area (Å²) in [4.78, 5) is 54.0. The molecule has 2 aromatic rings. The summed E-state index contributed by atoms with van der Waals surface area (Å²) in [5.74, 6) is -3.99. The van der Waals surface area contributed by atoms with Crippen LogP contribution in [0, 0.1) is 5.92 Å². The van der Waals surface area contributed by atoms with Gasteiger partial charge in [-0.3, -0.25) is 24.3 Å². The van der Waals surface area contributed by atoms with Crippen LogP contribution >= 0.6 is 0 Å². The summed E-state index contributed by atoms with van der Waals surface area (Å²) in [5.41, 5.74) is 0.174. The van der Waals surface area contributed by atoms with Crippen molar-refractivity contribution >= 4 is 35.4 Å². The standard InChI is InChI=1S/C25H22F3N3O6/c26-25(27,28)19-5-1-4-17-16(19)3-2-6-20(17)31-21(32)18(22(33)34)13-30(23(31)35)15-9-7-14(8-10-15)29-11-12-37-24(29)36/h1,4-5,7-10,18,20H,2-3,6,11-13H2,(H,33,34). The summed E-state index contributed by atoms with van der Waals surface area (Å²) < 4.78 is 45.9. The minimum atomic E-state index is -4.61. The number of amides is 4. The number of halogens is 3. The van der Waals surface area contributed by atoms with E-state index in [-0.39, 0.29) is 36.3 Å². The van der Waals surface area contributed by atoms with Crippen LogP contribution in [0.4, 0.5) is 34.1 Å². The maximum Gasteiger partial charge on any atom is 0.416 e. The van der Waals surface area contributed by atoms with Gasteiger partial charge in [-0.05, 0) is 60.7 Å². The fourth-order valence-electron chi connectivity index (χ4n) is 5.22. The van der Waals surface area contributed by atoms with Crippen LogP contribution in [0.1, 0.15) is 35.6 Å². The maximum atomic E-state index is 13.7. The molecule has 37 heavy (non-hydrogen) atoms. The average Bonchev–Trinajstić information content (AvgIpc) is 3.29. The number of alkyl halides is 3.